The molecule has 0 aromatic carbocycles. The molecule has 2 unspecified atom stereocenters. The van der Waals surface area contributed by atoms with E-state index < -0.39 is 0 Å². The Labute approximate surface area is 74.7 Å². The van der Waals surface area contributed by atoms with E-state index in [-0.39, 0.29) is 0 Å². The van der Waals surface area contributed by atoms with Crippen molar-refractivity contribution in [3.05, 3.63) is 34.9 Å². The lowest BCUT2D eigenvalue weighted by molar-refractivity contribution is 0.317. The van der Waals surface area contributed by atoms with Gasteiger partial charge in [-0.1, -0.05) is 41.9 Å². The predicted molar refractivity (Wildman–Crippen MR) is 52.9 cm³/mol. The molecule has 0 heteroatoms. The first-order valence-electron chi connectivity index (χ1n) is 4.62. The Morgan fingerprint density at radius 2 is 1.92 bits per heavy atom. The number of allylic oxidation sites excluding steroid dienone is 6. The first kappa shape index (κ1) is 7.85. The van der Waals surface area contributed by atoms with Crippen LogP contribution < -0.4 is 0 Å². The summed E-state index contributed by atoms with van der Waals surface area (Å²) in [6.45, 7) is 9.12. The van der Waals surface area contributed by atoms with Crippen molar-refractivity contribution in [2.75, 3.05) is 0 Å². The fourth-order valence-electron chi connectivity index (χ4n) is 2.59. The van der Waals surface area contributed by atoms with Gasteiger partial charge in [-0.3, -0.25) is 0 Å². The molecule has 0 heterocycles. The van der Waals surface area contributed by atoms with E-state index in [1.54, 1.807) is 11.1 Å². The summed E-state index contributed by atoms with van der Waals surface area (Å²) < 4.78 is 0. The van der Waals surface area contributed by atoms with E-state index in [1.165, 1.54) is 5.57 Å². The second kappa shape index (κ2) is 2.12. The molecule has 0 aliphatic heterocycles. The predicted octanol–water partition coefficient (Wildman–Crippen LogP) is 3.48. The van der Waals surface area contributed by atoms with E-state index in [1.807, 2.05) is 0 Å². The van der Waals surface area contributed by atoms with Crippen molar-refractivity contribution in [1.82, 2.24) is 0 Å². The van der Waals surface area contributed by atoms with Gasteiger partial charge < -0.3 is 0 Å². The molecule has 0 bridgehead atoms. The van der Waals surface area contributed by atoms with Gasteiger partial charge in [0.15, 0.2) is 0 Å². The molecule has 2 rings (SSSR count). The molecule has 0 spiro atoms. The molecule has 2 aliphatic rings. The van der Waals surface area contributed by atoms with E-state index in [9.17, 15) is 0 Å². The lowest BCUT2D eigenvalue weighted by atomic mass is 9.53. The Kier molecular flexibility index (Phi) is 1.39. The van der Waals surface area contributed by atoms with Gasteiger partial charge in [0.25, 0.3) is 0 Å². The molecule has 0 aromatic rings. The summed E-state index contributed by atoms with van der Waals surface area (Å²) in [5, 5.41) is 0. The lowest BCUT2D eigenvalue weighted by Crippen LogP contribution is -2.40. The Balaban J connectivity index is 2.53. The van der Waals surface area contributed by atoms with E-state index in [4.69, 9.17) is 0 Å². The maximum absolute atomic E-state index is 2.36. The van der Waals surface area contributed by atoms with Crippen LogP contribution in [0.4, 0.5) is 0 Å². The molecule has 0 saturated carbocycles. The fraction of sp³-hybridized carbons (Fsp3) is 0.500. The van der Waals surface area contributed by atoms with E-state index in [0.717, 1.165) is 0 Å². The van der Waals surface area contributed by atoms with Crippen LogP contribution in [-0.4, -0.2) is 0 Å². The average molecular weight is 160 g/mol. The Hall–Kier alpha value is -0.780. The van der Waals surface area contributed by atoms with E-state index in [0.29, 0.717) is 11.3 Å². The van der Waals surface area contributed by atoms with Gasteiger partial charge in [-0.05, 0) is 20.8 Å². The third-order valence-electron chi connectivity index (χ3n) is 3.93. The van der Waals surface area contributed by atoms with Crippen LogP contribution in [0.5, 0.6) is 0 Å². The molecule has 0 N–H and O–H groups in total. The maximum Gasteiger partial charge on any atom is 0.0193 e. The zero-order chi connectivity index (χ0) is 8.93. The minimum absolute atomic E-state index is 0.360. The second-order valence-electron chi connectivity index (χ2n) is 4.22. The monoisotopic (exact) mass is 160 g/mol. The quantitative estimate of drug-likeness (QED) is 0.476. The highest BCUT2D eigenvalue weighted by Crippen LogP contribution is 2.57. The summed E-state index contributed by atoms with van der Waals surface area (Å²) >= 11 is 0. The molecule has 0 nitrogen and oxygen atoms in total. The van der Waals surface area contributed by atoms with Crippen LogP contribution in [0.25, 0.3) is 0 Å². The number of rotatable bonds is 0. The van der Waals surface area contributed by atoms with Crippen molar-refractivity contribution in [3.8, 4) is 0 Å². The van der Waals surface area contributed by atoms with Gasteiger partial charge in [0, 0.05) is 11.3 Å². The van der Waals surface area contributed by atoms with Crippen LogP contribution in [0.1, 0.15) is 27.7 Å². The molecule has 0 aromatic heterocycles. The van der Waals surface area contributed by atoms with Crippen molar-refractivity contribution in [1.29, 1.82) is 0 Å². The van der Waals surface area contributed by atoms with Crippen LogP contribution in [0.3, 0.4) is 0 Å². The van der Waals surface area contributed by atoms with Gasteiger partial charge in [-0.25, -0.2) is 0 Å². The highest BCUT2D eigenvalue weighted by Gasteiger charge is 2.46. The second-order valence-corrected chi connectivity index (χ2v) is 4.22. The maximum atomic E-state index is 2.36. The SMILES string of the molecule is CC1=CC=CC2C(C)=C(C)C12C. The summed E-state index contributed by atoms with van der Waals surface area (Å²) in [5.41, 5.74) is 5.02. The Bertz CT molecular complexity index is 315. The topological polar surface area (TPSA) is 0 Å². The smallest absolute Gasteiger partial charge is 0.0193 e. The largest absolute Gasteiger partial charge is 0.0762 e. The van der Waals surface area contributed by atoms with Gasteiger partial charge in [0.1, 0.15) is 0 Å². The Morgan fingerprint density at radius 1 is 1.25 bits per heavy atom. The van der Waals surface area contributed by atoms with Crippen molar-refractivity contribution < 1.29 is 0 Å². The first-order chi connectivity index (χ1) is 5.58. The van der Waals surface area contributed by atoms with Crippen LogP contribution in [-0.2, 0) is 0 Å². The molecule has 0 radical (unpaired) electrons. The minimum atomic E-state index is 0.360. The molecule has 12 heavy (non-hydrogen) atoms. The van der Waals surface area contributed by atoms with Crippen molar-refractivity contribution >= 4 is 0 Å². The van der Waals surface area contributed by atoms with Gasteiger partial charge in [0.2, 0.25) is 0 Å². The van der Waals surface area contributed by atoms with E-state index in [2.05, 4.69) is 45.9 Å². The zero-order valence-electron chi connectivity index (χ0n) is 8.31. The highest BCUT2D eigenvalue weighted by molar-refractivity contribution is 5.49. The lowest BCUT2D eigenvalue weighted by Gasteiger charge is -2.50. The molecule has 0 saturated heterocycles. The number of hydrogen-bond donors (Lipinski definition) is 0. The molecule has 0 amide bonds. The van der Waals surface area contributed by atoms with Crippen LogP contribution in [0.2, 0.25) is 0 Å². The van der Waals surface area contributed by atoms with E-state index >= 15 is 0 Å². The molecule has 64 valence electrons. The summed E-state index contributed by atoms with van der Waals surface area (Å²) in [4.78, 5) is 0. The van der Waals surface area contributed by atoms with Crippen molar-refractivity contribution in [2.24, 2.45) is 11.3 Å². The van der Waals surface area contributed by atoms with Crippen LogP contribution in [0.15, 0.2) is 34.9 Å². The Morgan fingerprint density at radius 3 is 2.50 bits per heavy atom. The molecule has 0 fully saturated rings. The zero-order valence-corrected chi connectivity index (χ0v) is 8.31. The summed E-state index contributed by atoms with van der Waals surface area (Å²) in [6.07, 6.45) is 6.76. The third-order valence-corrected chi connectivity index (χ3v) is 3.93. The normalized spacial score (nSPS) is 39.0. The number of fused-ring (bicyclic) bond motifs is 1. The minimum Gasteiger partial charge on any atom is -0.0762 e. The molecular formula is C12H16. The molecule has 2 atom stereocenters. The van der Waals surface area contributed by atoms with Gasteiger partial charge in [0.05, 0.1) is 0 Å². The van der Waals surface area contributed by atoms with Gasteiger partial charge >= 0.3 is 0 Å². The van der Waals surface area contributed by atoms with Gasteiger partial charge in [-0.15, -0.1) is 0 Å². The fourth-order valence-corrected chi connectivity index (χ4v) is 2.59. The first-order valence-corrected chi connectivity index (χ1v) is 4.62. The van der Waals surface area contributed by atoms with Crippen molar-refractivity contribution in [2.45, 2.75) is 27.7 Å². The molecular weight excluding hydrogens is 144 g/mol. The standard InChI is InChI=1S/C12H16/c1-8-6-5-7-11-9(2)10(3)12(8,11)4/h5-7,11H,1-4H3. The highest BCUT2D eigenvalue weighted by atomic mass is 14.5. The van der Waals surface area contributed by atoms with Crippen LogP contribution >= 0.6 is 0 Å². The average Bonchev–Trinajstić information content (AvgIpc) is 2.08. The third kappa shape index (κ3) is 0.639. The molecule has 2 aliphatic carbocycles. The van der Waals surface area contributed by atoms with Crippen LogP contribution in [0, 0.1) is 11.3 Å². The van der Waals surface area contributed by atoms with Gasteiger partial charge in [-0.2, -0.15) is 0 Å². The summed E-state index contributed by atoms with van der Waals surface area (Å²) in [6, 6.07) is 0. The summed E-state index contributed by atoms with van der Waals surface area (Å²) in [7, 11) is 0. The number of hydrogen-bond acceptors (Lipinski definition) is 0. The van der Waals surface area contributed by atoms with Crippen molar-refractivity contribution in [3.63, 3.8) is 0 Å². The summed E-state index contributed by atoms with van der Waals surface area (Å²) in [5.74, 6) is 0.683.